The Bertz CT molecular complexity index is 1340. The summed E-state index contributed by atoms with van der Waals surface area (Å²) in [6.45, 7) is 0.596. The van der Waals surface area contributed by atoms with E-state index in [1.165, 1.54) is 28.7 Å². The van der Waals surface area contributed by atoms with Gasteiger partial charge in [0.05, 0.1) is 5.75 Å². The van der Waals surface area contributed by atoms with Crippen LogP contribution in [0.2, 0.25) is 0 Å². The van der Waals surface area contributed by atoms with Gasteiger partial charge in [-0.1, -0.05) is 71.6 Å². The van der Waals surface area contributed by atoms with Gasteiger partial charge in [0.1, 0.15) is 5.75 Å². The molecule has 2 amide bonds. The van der Waals surface area contributed by atoms with Crippen LogP contribution in [0.3, 0.4) is 0 Å². The lowest BCUT2D eigenvalue weighted by Crippen LogP contribution is -2.36. The number of amides is 2. The first-order valence-electron chi connectivity index (χ1n) is 10.9. The molecule has 0 unspecified atom stereocenters. The number of fused-ring (bicyclic) bond motifs is 2. The van der Waals surface area contributed by atoms with Gasteiger partial charge in [-0.2, -0.15) is 0 Å². The number of hydrogen-bond donors (Lipinski definition) is 1. The van der Waals surface area contributed by atoms with Crippen LogP contribution in [0.25, 0.3) is 10.8 Å². The second kappa shape index (κ2) is 10.2. The Morgan fingerprint density at radius 2 is 1.85 bits per heavy atom. The lowest BCUT2D eigenvalue weighted by atomic mass is 10.0. The van der Waals surface area contributed by atoms with E-state index in [1.807, 2.05) is 65.6 Å². The summed E-state index contributed by atoms with van der Waals surface area (Å²) in [6, 6.07) is 21.7. The van der Waals surface area contributed by atoms with Gasteiger partial charge >= 0.3 is 0 Å². The highest BCUT2D eigenvalue weighted by Crippen LogP contribution is 2.30. The van der Waals surface area contributed by atoms with E-state index < -0.39 is 0 Å². The molecule has 0 saturated heterocycles. The molecule has 3 aromatic carbocycles. The first-order chi connectivity index (χ1) is 16.7. The van der Waals surface area contributed by atoms with E-state index in [1.54, 1.807) is 0 Å². The lowest BCUT2D eigenvalue weighted by molar-refractivity contribution is -0.118. The van der Waals surface area contributed by atoms with Crippen molar-refractivity contribution in [3.05, 3.63) is 72.3 Å². The Morgan fingerprint density at radius 3 is 2.76 bits per heavy atom. The van der Waals surface area contributed by atoms with Gasteiger partial charge in [0.25, 0.3) is 5.91 Å². The Hall–Kier alpha value is -3.43. The second-order valence-electron chi connectivity index (χ2n) is 7.79. The fourth-order valence-electron chi connectivity index (χ4n) is 3.87. The van der Waals surface area contributed by atoms with Gasteiger partial charge in [0.2, 0.25) is 11.0 Å². The zero-order valence-corrected chi connectivity index (χ0v) is 19.9. The standard InChI is InChI=1S/C25H22N4O3S2/c30-22(15-32-20-12-11-17-6-1-2-8-19(17)14-20)26-24-27-28-25(34-24)33-16-23(31)29-13-5-9-18-7-3-4-10-21(18)29/h1-4,6-8,10-12,14H,5,9,13,15-16H2,(H,26,27,30). The predicted molar refractivity (Wildman–Crippen MR) is 136 cm³/mol. The molecular weight excluding hydrogens is 468 g/mol. The molecule has 0 spiro atoms. The minimum absolute atomic E-state index is 0.0433. The molecule has 2 heterocycles. The van der Waals surface area contributed by atoms with Gasteiger partial charge in [-0.15, -0.1) is 10.2 Å². The molecule has 7 nitrogen and oxygen atoms in total. The number of aromatic nitrogens is 2. The third-order valence-electron chi connectivity index (χ3n) is 5.47. The highest BCUT2D eigenvalue weighted by molar-refractivity contribution is 8.01. The van der Waals surface area contributed by atoms with Crippen LogP contribution in [0.4, 0.5) is 10.8 Å². The van der Waals surface area contributed by atoms with Crippen LogP contribution >= 0.6 is 23.1 Å². The third-order valence-corrected chi connectivity index (χ3v) is 7.43. The molecule has 0 atom stereocenters. The molecule has 1 aliphatic heterocycles. The molecule has 0 aliphatic carbocycles. The lowest BCUT2D eigenvalue weighted by Gasteiger charge is -2.29. The number of ether oxygens (including phenoxy) is 1. The average molecular weight is 491 g/mol. The molecule has 1 aromatic heterocycles. The first kappa shape index (κ1) is 22.4. The zero-order valence-electron chi connectivity index (χ0n) is 18.3. The van der Waals surface area contributed by atoms with Gasteiger partial charge in [0.15, 0.2) is 10.9 Å². The number of carbonyl (C=O) groups excluding carboxylic acids is 2. The number of para-hydroxylation sites is 1. The fraction of sp³-hybridized carbons (Fsp3) is 0.200. The summed E-state index contributed by atoms with van der Waals surface area (Å²) in [5.41, 5.74) is 2.20. The quantitative estimate of drug-likeness (QED) is 0.296. The van der Waals surface area contributed by atoms with Crippen LogP contribution in [0.1, 0.15) is 12.0 Å². The van der Waals surface area contributed by atoms with Crippen molar-refractivity contribution in [2.24, 2.45) is 0 Å². The second-order valence-corrected chi connectivity index (χ2v) is 9.99. The molecule has 34 heavy (non-hydrogen) atoms. The Kier molecular flexibility index (Phi) is 6.73. The molecule has 0 fully saturated rings. The number of thioether (sulfide) groups is 1. The van der Waals surface area contributed by atoms with E-state index in [0.717, 1.165) is 35.8 Å². The van der Waals surface area contributed by atoms with Gasteiger partial charge in [-0.3, -0.25) is 14.9 Å². The van der Waals surface area contributed by atoms with Crippen molar-refractivity contribution < 1.29 is 14.3 Å². The summed E-state index contributed by atoms with van der Waals surface area (Å²) in [5.74, 6) is 0.617. The maximum Gasteiger partial charge on any atom is 0.264 e. The summed E-state index contributed by atoms with van der Waals surface area (Å²) < 4.78 is 6.25. The van der Waals surface area contributed by atoms with E-state index in [2.05, 4.69) is 21.6 Å². The first-order valence-corrected chi connectivity index (χ1v) is 12.7. The van der Waals surface area contributed by atoms with Crippen molar-refractivity contribution in [3.8, 4) is 5.75 Å². The molecular formula is C25H22N4O3S2. The minimum atomic E-state index is -0.318. The van der Waals surface area contributed by atoms with E-state index in [-0.39, 0.29) is 24.2 Å². The van der Waals surface area contributed by atoms with Gasteiger partial charge < -0.3 is 9.64 Å². The minimum Gasteiger partial charge on any atom is -0.484 e. The molecule has 9 heteroatoms. The topological polar surface area (TPSA) is 84.4 Å². The van der Waals surface area contributed by atoms with E-state index in [4.69, 9.17) is 4.74 Å². The van der Waals surface area contributed by atoms with E-state index in [0.29, 0.717) is 15.2 Å². The molecule has 5 rings (SSSR count). The smallest absolute Gasteiger partial charge is 0.264 e. The summed E-state index contributed by atoms with van der Waals surface area (Å²) in [4.78, 5) is 26.9. The van der Waals surface area contributed by atoms with E-state index >= 15 is 0 Å². The zero-order chi connectivity index (χ0) is 23.3. The predicted octanol–water partition coefficient (Wildman–Crippen LogP) is 4.78. The van der Waals surface area contributed by atoms with Crippen molar-refractivity contribution in [2.45, 2.75) is 17.2 Å². The summed E-state index contributed by atoms with van der Waals surface area (Å²) in [7, 11) is 0. The van der Waals surface area contributed by atoms with Gasteiger partial charge in [0, 0.05) is 12.2 Å². The van der Waals surface area contributed by atoms with E-state index in [9.17, 15) is 9.59 Å². The van der Waals surface area contributed by atoms with Crippen LogP contribution in [-0.4, -0.2) is 40.9 Å². The van der Waals surface area contributed by atoms with Crippen molar-refractivity contribution in [1.29, 1.82) is 0 Å². The van der Waals surface area contributed by atoms with Crippen molar-refractivity contribution in [1.82, 2.24) is 10.2 Å². The Balaban J connectivity index is 1.11. The number of nitrogens with zero attached hydrogens (tertiary/aromatic N) is 3. The highest BCUT2D eigenvalue weighted by Gasteiger charge is 2.22. The maximum atomic E-state index is 12.8. The number of carbonyl (C=O) groups is 2. The van der Waals surface area contributed by atoms with Crippen LogP contribution in [0.15, 0.2) is 71.1 Å². The fourth-order valence-corrected chi connectivity index (χ4v) is 5.52. The Labute approximate surface area is 205 Å². The molecule has 0 saturated carbocycles. The van der Waals surface area contributed by atoms with Crippen LogP contribution in [0, 0.1) is 0 Å². The summed E-state index contributed by atoms with van der Waals surface area (Å²) in [5, 5.41) is 13.4. The van der Waals surface area contributed by atoms with Crippen molar-refractivity contribution in [2.75, 3.05) is 29.1 Å². The summed E-state index contributed by atoms with van der Waals surface area (Å²) in [6.07, 6.45) is 1.96. The molecule has 4 aromatic rings. The molecule has 172 valence electrons. The average Bonchev–Trinajstić information content (AvgIpc) is 3.32. The van der Waals surface area contributed by atoms with Crippen LogP contribution < -0.4 is 15.0 Å². The largest absolute Gasteiger partial charge is 0.484 e. The molecule has 0 bridgehead atoms. The number of nitrogens with one attached hydrogen (secondary N) is 1. The molecule has 1 N–H and O–H groups in total. The normalized spacial score (nSPS) is 12.9. The van der Waals surface area contributed by atoms with Crippen molar-refractivity contribution in [3.63, 3.8) is 0 Å². The van der Waals surface area contributed by atoms with Gasteiger partial charge in [-0.25, -0.2) is 0 Å². The third kappa shape index (κ3) is 5.21. The number of aryl methyl sites for hydroxylation is 1. The maximum absolute atomic E-state index is 12.8. The number of hydrogen-bond acceptors (Lipinski definition) is 7. The van der Waals surface area contributed by atoms with Crippen LogP contribution in [-0.2, 0) is 16.0 Å². The summed E-state index contributed by atoms with van der Waals surface area (Å²) >= 11 is 2.57. The van der Waals surface area contributed by atoms with Crippen molar-refractivity contribution >= 4 is 56.5 Å². The molecule has 1 aliphatic rings. The SMILES string of the molecule is O=C(COc1ccc2ccccc2c1)Nc1nnc(SCC(=O)N2CCCc3ccccc32)s1. The number of benzene rings is 3. The van der Waals surface area contributed by atoms with Crippen LogP contribution in [0.5, 0.6) is 5.75 Å². The highest BCUT2D eigenvalue weighted by atomic mass is 32.2. The van der Waals surface area contributed by atoms with Gasteiger partial charge in [-0.05, 0) is 47.4 Å². The number of anilines is 2. The Morgan fingerprint density at radius 1 is 1.03 bits per heavy atom. The number of rotatable bonds is 7. The monoisotopic (exact) mass is 490 g/mol. The molecule has 0 radical (unpaired) electrons.